The Morgan fingerprint density at radius 2 is 0.408 bits per heavy atom. The summed E-state index contributed by atoms with van der Waals surface area (Å²) in [7, 11) is 0. The molecule has 6 aromatic carbocycles. The number of non-ortho nitro benzene ring substituents is 6. The molecule has 6 heterocycles. The van der Waals surface area contributed by atoms with Crippen LogP contribution < -0.4 is 34.1 Å². The summed E-state index contributed by atoms with van der Waals surface area (Å²) >= 11 is 0. The van der Waals surface area contributed by atoms with Crippen LogP contribution in [-0.2, 0) is 0 Å². The third-order valence-corrected chi connectivity index (χ3v) is 19.7. The fraction of sp³-hybridized carbons (Fsp3) is 0.295. The monoisotopic (exact) mass is 1790 g/mol. The van der Waals surface area contributed by atoms with E-state index in [1.54, 1.807) is 41.5 Å². The number of nitrogens with zero attached hydrogens (tertiary/aromatic N) is 18. The lowest BCUT2D eigenvalue weighted by molar-refractivity contribution is -0.384. The Hall–Kier alpha value is -16.5. The Bertz CT molecular complexity index is 7180. The van der Waals surface area contributed by atoms with E-state index in [0.717, 1.165) is 53.1 Å². The zero-order valence-electron chi connectivity index (χ0n) is 73.6. The molecule has 0 unspecified atom stereocenters. The second-order valence-corrected chi connectivity index (χ2v) is 29.9. The third-order valence-electron chi connectivity index (χ3n) is 19.7. The number of allylic oxidation sites excluding steroid dienone is 7. The van der Waals surface area contributed by atoms with Gasteiger partial charge in [0.05, 0.1) is 95.7 Å². The Kier molecular flexibility index (Phi) is 33.3. The molecule has 0 aliphatic rings. The molecule has 0 N–H and O–H groups in total. The van der Waals surface area contributed by atoms with Crippen LogP contribution in [0.4, 0.5) is 34.1 Å². The van der Waals surface area contributed by atoms with Crippen LogP contribution in [0.2, 0.25) is 0 Å². The summed E-state index contributed by atoms with van der Waals surface area (Å²) in [4.78, 5) is 210. The van der Waals surface area contributed by atoms with E-state index in [9.17, 15) is 118 Å². The maximum absolute atomic E-state index is 12.6. The molecule has 0 fully saturated rings. The molecule has 42 heteroatoms. The Balaban J connectivity index is 0.000000213. The molecule has 0 radical (unpaired) electrons. The van der Waals surface area contributed by atoms with E-state index in [4.69, 9.17) is 0 Å². The maximum Gasteiger partial charge on any atom is 0.340 e. The third kappa shape index (κ3) is 21.4. The van der Waals surface area contributed by atoms with Gasteiger partial charge in [-0.3, -0.25) is 117 Å². The number of carbonyl (C=O) groups is 6. The molecule has 6 aromatic heterocycles. The molecule has 0 saturated heterocycles. The zero-order valence-corrected chi connectivity index (χ0v) is 73.6. The molecule has 42 nitrogen and oxygen atoms in total. The van der Waals surface area contributed by atoms with Crippen LogP contribution in [0.15, 0.2) is 190 Å². The minimum atomic E-state index is -0.619. The minimum Gasteiger partial charge on any atom is -0.274 e. The van der Waals surface area contributed by atoms with Crippen molar-refractivity contribution in [1.82, 2.24) is 54.8 Å². The van der Waals surface area contributed by atoms with Gasteiger partial charge in [-0.1, -0.05) is 106 Å². The molecule has 0 spiro atoms. The van der Waals surface area contributed by atoms with Gasteiger partial charge < -0.3 is 0 Å². The van der Waals surface area contributed by atoms with Gasteiger partial charge in [-0.25, -0.2) is 56.2 Å². The molecular formula is C88H96N18O24. The number of fused-ring (bicyclic) bond motifs is 6. The fourth-order valence-electron chi connectivity index (χ4n) is 13.8. The minimum absolute atomic E-state index is 0.136. The Morgan fingerprint density at radius 1 is 0.238 bits per heavy atom. The number of unbranched alkanes of at least 4 members (excludes halogenated alkanes) is 4. The van der Waals surface area contributed by atoms with Crippen molar-refractivity contribution >= 4 is 170 Å². The highest BCUT2D eigenvalue weighted by molar-refractivity contribution is 6.02. The maximum atomic E-state index is 12.6. The predicted molar refractivity (Wildman–Crippen MR) is 495 cm³/mol. The molecule has 0 amide bonds. The highest BCUT2D eigenvalue weighted by Gasteiger charge is 2.29. The first-order chi connectivity index (χ1) is 61.1. The molecular weight excluding hydrogens is 1690 g/mol. The van der Waals surface area contributed by atoms with E-state index in [1.165, 1.54) is 144 Å². The number of carbonyl (C=O) groups excluding carboxylic acids is 6. The Labute approximate surface area is 737 Å². The van der Waals surface area contributed by atoms with Gasteiger partial charge in [-0.05, 0) is 117 Å². The van der Waals surface area contributed by atoms with Crippen molar-refractivity contribution in [2.75, 3.05) is 0 Å². The Morgan fingerprint density at radius 3 is 0.600 bits per heavy atom. The van der Waals surface area contributed by atoms with Crippen LogP contribution in [0.3, 0.4) is 0 Å². The van der Waals surface area contributed by atoms with Crippen molar-refractivity contribution in [2.24, 2.45) is 0 Å². The van der Waals surface area contributed by atoms with Gasteiger partial charge in [0.2, 0.25) is 29.5 Å². The van der Waals surface area contributed by atoms with E-state index in [1.807, 2.05) is 34.6 Å². The van der Waals surface area contributed by atoms with Gasteiger partial charge >= 0.3 is 34.1 Å². The number of rotatable bonds is 27. The number of benzene rings is 6. The van der Waals surface area contributed by atoms with Gasteiger partial charge in [-0.15, -0.1) is 0 Å². The van der Waals surface area contributed by atoms with Crippen molar-refractivity contribution in [2.45, 2.75) is 173 Å². The lowest BCUT2D eigenvalue weighted by Crippen LogP contribution is -2.28. The molecule has 130 heavy (non-hydrogen) atoms. The first-order valence-corrected chi connectivity index (χ1v) is 40.5. The van der Waals surface area contributed by atoms with E-state index in [-0.39, 0.29) is 118 Å². The quantitative estimate of drug-likeness (QED) is 0.0200. The van der Waals surface area contributed by atoms with Crippen molar-refractivity contribution in [3.8, 4) is 0 Å². The molecule has 682 valence electrons. The lowest BCUT2D eigenvalue weighted by Gasteiger charge is -2.01. The first kappa shape index (κ1) is 101. The molecule has 0 atom stereocenters. The molecule has 12 aromatic rings. The van der Waals surface area contributed by atoms with Crippen LogP contribution in [-0.4, -0.2) is 120 Å². The van der Waals surface area contributed by atoms with Crippen LogP contribution in [0, 0.1) is 60.7 Å². The normalized spacial score (nSPS) is 10.8. The lowest BCUT2D eigenvalue weighted by atomic mass is 10.2. The van der Waals surface area contributed by atoms with Crippen LogP contribution in [0.5, 0.6) is 0 Å². The number of aromatic nitrogens is 12. The van der Waals surface area contributed by atoms with Crippen molar-refractivity contribution in [3.63, 3.8) is 0 Å². The fourth-order valence-corrected chi connectivity index (χ4v) is 13.8. The van der Waals surface area contributed by atoms with Crippen molar-refractivity contribution in [3.05, 3.63) is 284 Å². The largest absolute Gasteiger partial charge is 0.340 e. The average molecular weight is 1790 g/mol. The molecule has 0 aliphatic carbocycles. The summed E-state index contributed by atoms with van der Waals surface area (Å²) in [6, 6.07) is 23.9. The highest BCUT2D eigenvalue weighted by Crippen LogP contribution is 2.30. The van der Waals surface area contributed by atoms with E-state index in [0.29, 0.717) is 116 Å². The summed E-state index contributed by atoms with van der Waals surface area (Å²) in [6.07, 6.45) is 7.92. The van der Waals surface area contributed by atoms with Crippen LogP contribution in [0.1, 0.15) is 202 Å². The second kappa shape index (κ2) is 43.0. The first-order valence-electron chi connectivity index (χ1n) is 40.5. The van der Waals surface area contributed by atoms with Gasteiger partial charge in [-0.2, -0.15) is 0 Å². The number of hydrogen-bond donors (Lipinski definition) is 0. The zero-order chi connectivity index (χ0) is 97.4. The van der Waals surface area contributed by atoms with Gasteiger partial charge in [0.1, 0.15) is 0 Å². The van der Waals surface area contributed by atoms with E-state index < -0.39 is 69.6 Å². The molecule has 0 bridgehead atoms. The van der Waals surface area contributed by atoms with Gasteiger partial charge in [0, 0.05) is 145 Å². The summed E-state index contributed by atoms with van der Waals surface area (Å²) in [5.41, 5.74) is 2.30. The summed E-state index contributed by atoms with van der Waals surface area (Å²) in [6.45, 7) is 46.6. The van der Waals surface area contributed by atoms with Gasteiger partial charge in [0.25, 0.3) is 40.0 Å². The number of nitro benzene ring substituents is 6. The summed E-state index contributed by atoms with van der Waals surface area (Å²) < 4.78 is 13.6. The van der Waals surface area contributed by atoms with Crippen LogP contribution in [0.25, 0.3) is 100 Å². The average Bonchev–Trinajstić information content (AvgIpc) is 1.68. The van der Waals surface area contributed by atoms with Crippen molar-refractivity contribution < 1.29 is 58.3 Å². The molecule has 0 saturated carbocycles. The topological polar surface area (TPSA) is 523 Å². The number of nitro groups is 6. The number of hydrogen-bond acceptors (Lipinski definition) is 24. The highest BCUT2D eigenvalue weighted by atomic mass is 16.6. The van der Waals surface area contributed by atoms with Crippen molar-refractivity contribution in [1.29, 1.82) is 0 Å². The predicted octanol–water partition coefficient (Wildman–Crippen LogP) is 17.2. The van der Waals surface area contributed by atoms with Gasteiger partial charge in [0.15, 0.2) is 0 Å². The summed E-state index contributed by atoms with van der Waals surface area (Å²) in [5.74, 6) is -2.30. The van der Waals surface area contributed by atoms with E-state index >= 15 is 0 Å². The standard InChI is InChI=1S/C16H19N3O4.2C15H17N3O4.C14H13N3O4.2C14H15N3O4/c1-4-5-6-7-15(20)18-13-9-8-12(19(22)23)10-14(13)17(11(2)3)16(18)21;1-4-5-6-14(19)17-12-8-7-11(18(21)22)9-13(12)16(10(2)3)15(17)20;1-4-5-6-14(19)17-13-9-11(18(21)22)7-8-12(13)16(10(2)3)15(17)20;1-8(2)13(18)16-12-7-10(17(20)21)5-6-11(12)15(9(3)4)14(16)19;1-4-5-13(18)16-11-7-6-10(17(20)21)8-12(11)15(9(2)3)14(16)19;1-4-5-13(18)16-12-8-10(17(20)21)6-7-11(12)15(9(2)3)14(16)19/h8-10H,2,4-7H2,1,3H3;2*7-9H,2,4-6H2,1,3H3;5-7H,1,3H2,2,4H3;2*6-8H,2,4-5H2,1,3H3. The SMILES string of the molecule is C=C(C)C(=O)n1c(=O)n(C(=C)C)c2ccc([N+](=O)[O-])cc21.C=C(C)n1c(=O)n(C(=O)CCC)c2cc([N+](=O)[O-])ccc21.C=C(C)n1c(=O)n(C(=O)CCC)c2ccc([N+](=O)[O-])cc21.C=C(C)n1c(=O)n(C(=O)CCCC)c2cc([N+](=O)[O-])ccc21.C=C(C)n1c(=O)n(C(=O)CCCC)c2ccc([N+](=O)[O-])cc21.C=C(C)n1c(=O)n(C(=O)CCCCC)c2ccc([N+](=O)[O-])cc21. The van der Waals surface area contributed by atoms with Crippen LogP contribution >= 0.6 is 0 Å². The molecule has 12 rings (SSSR count). The molecule has 0 aliphatic heterocycles. The summed E-state index contributed by atoms with van der Waals surface area (Å²) in [5, 5.41) is 65.4. The second-order valence-electron chi connectivity index (χ2n) is 29.9. The smallest absolute Gasteiger partial charge is 0.274 e. The van der Waals surface area contributed by atoms with E-state index in [2.05, 4.69) is 46.1 Å². The number of imidazole rings is 6.